The molecule has 42 heteroatoms. The maximum absolute atomic E-state index is 14.0. The second-order valence-corrected chi connectivity index (χ2v) is 23.3. The van der Waals surface area contributed by atoms with Gasteiger partial charge in [-0.25, -0.2) is 33.3 Å². The molecule has 0 amide bonds. The Labute approximate surface area is 452 Å². The Morgan fingerprint density at radius 3 is 1.52 bits per heavy atom. The van der Waals surface area contributed by atoms with E-state index in [0.29, 0.717) is 0 Å². The summed E-state index contributed by atoms with van der Waals surface area (Å²) in [6.45, 7) is -3.39. The average molecular weight is 1250 g/mol. The van der Waals surface area contributed by atoms with Gasteiger partial charge in [-0.1, -0.05) is 0 Å². The number of nitrogen functional groups attached to an aromatic ring is 4. The molecule has 0 aliphatic carbocycles. The summed E-state index contributed by atoms with van der Waals surface area (Å²) < 4.78 is 102. The summed E-state index contributed by atoms with van der Waals surface area (Å²) in [4.78, 5) is 112. The summed E-state index contributed by atoms with van der Waals surface area (Å²) in [5.74, 6) is -0.806. The number of nitrogens with one attached hydrogen (secondary N) is 2. The zero-order chi connectivity index (χ0) is 57.2. The molecule has 0 radical (unpaired) electrons. The molecule has 0 saturated carbocycles. The minimum absolute atomic E-state index is 0.0638. The molecular formula is C38H48BrN16O22P3. The van der Waals surface area contributed by atoms with Crippen LogP contribution in [0.4, 0.5) is 23.5 Å². The zero-order valence-electron chi connectivity index (χ0n) is 40.6. The smallest absolute Gasteiger partial charge is 0.394 e. The number of imidazole rings is 2. The molecule has 0 bridgehead atoms. The maximum atomic E-state index is 14.0. The molecule has 4 aliphatic rings. The number of ether oxygens (including phenoxy) is 4. The van der Waals surface area contributed by atoms with E-state index in [1.165, 1.54) is 27.6 Å². The van der Waals surface area contributed by atoms with Gasteiger partial charge in [-0.05, 0) is 22.0 Å². The standard InChI is InChI=1S/C38H48BrN16O22P3/c39-14-7-53(38(61)47-30(14)41)25-4-16(19(8-56)71-25)75-79(64,65)69-10-21-18(6-27(73-21)55-13-45-29-32(55)49-36(43)51-34(29)59)77-80(66,67)70-11-22-17(5-26(74-22)54-12-44-28-31(54)48-35(42)50-33(28)58)76-78(62,63)68-9-20-15(57)3-24(72-20)52-2-1-23(40)46-37(52)60/h1-2,7,12-13,15-22,24-27,56-57H,3-6,8-11H2,(H,62,63)(H,64,65)(H,66,67)(H2,40,46,60)(H2,41,47,61)(H3,42,48,50,58)(H3,43,49,51,59)/t15-,16-,17-,18-,19+,20+,21+,22+,24+,25+,26+,27+/m0/s1. The number of halogens is 1. The third-order valence-electron chi connectivity index (χ3n) is 12.9. The third-order valence-corrected chi connectivity index (χ3v) is 16.5. The topological polar surface area (TPSA) is 546 Å². The van der Waals surface area contributed by atoms with Gasteiger partial charge in [0.1, 0.15) is 79.3 Å². The molecule has 4 saturated heterocycles. The van der Waals surface area contributed by atoms with E-state index in [0.717, 1.165) is 21.8 Å². The van der Waals surface area contributed by atoms with Gasteiger partial charge in [-0.3, -0.25) is 65.0 Å². The highest BCUT2D eigenvalue weighted by Gasteiger charge is 2.48. The normalized spacial score (nSPS) is 29.3. The number of aromatic nitrogens is 12. The van der Waals surface area contributed by atoms with Crippen LogP contribution in [0.15, 0.2) is 54.8 Å². The number of rotatable bonds is 20. The van der Waals surface area contributed by atoms with E-state index in [9.17, 15) is 57.8 Å². The van der Waals surface area contributed by atoms with Gasteiger partial charge in [-0.2, -0.15) is 19.9 Å². The Bertz CT molecular complexity index is 3710. The van der Waals surface area contributed by atoms with Crippen LogP contribution in [0.25, 0.3) is 22.3 Å². The van der Waals surface area contributed by atoms with Crippen LogP contribution in [-0.4, -0.2) is 158 Å². The summed E-state index contributed by atoms with van der Waals surface area (Å²) in [6.07, 6.45) is -12.7. The highest BCUT2D eigenvalue weighted by molar-refractivity contribution is 9.10. The van der Waals surface area contributed by atoms with Crippen molar-refractivity contribution in [1.29, 1.82) is 0 Å². The predicted octanol–water partition coefficient (Wildman–Crippen LogP) is -2.13. The van der Waals surface area contributed by atoms with Crippen molar-refractivity contribution in [3.05, 3.63) is 77.3 Å². The van der Waals surface area contributed by atoms with Crippen molar-refractivity contribution < 1.29 is 84.7 Å². The van der Waals surface area contributed by atoms with Crippen molar-refractivity contribution in [3.63, 3.8) is 0 Å². The second kappa shape index (κ2) is 22.5. The van der Waals surface area contributed by atoms with Crippen LogP contribution < -0.4 is 45.4 Å². The van der Waals surface area contributed by atoms with E-state index in [1.54, 1.807) is 0 Å². The Hall–Kier alpha value is -5.77. The molecule has 15 atom stereocenters. The number of H-pyrrole nitrogens is 2. The van der Waals surface area contributed by atoms with Crippen LogP contribution in [0.2, 0.25) is 0 Å². The van der Waals surface area contributed by atoms with E-state index in [-0.39, 0.29) is 69.6 Å². The lowest BCUT2D eigenvalue weighted by Crippen LogP contribution is -2.31. The van der Waals surface area contributed by atoms with E-state index in [4.69, 9.17) is 69.0 Å². The Morgan fingerprint density at radius 2 is 1.04 bits per heavy atom. The first-order valence-corrected chi connectivity index (χ1v) is 28.8. The van der Waals surface area contributed by atoms with E-state index >= 15 is 0 Å². The summed E-state index contributed by atoms with van der Waals surface area (Å²) in [5, 5.41) is 20.8. The molecule has 38 nitrogen and oxygen atoms in total. The van der Waals surface area contributed by atoms with Crippen LogP contribution >= 0.6 is 39.4 Å². The van der Waals surface area contributed by atoms with Crippen molar-refractivity contribution in [1.82, 2.24) is 58.1 Å². The SMILES string of the molecule is Nc1ccn([C@H]2C[C@H](O)[C@@H](COP(=O)(O)O[C@H]3C[C@H](n4cnc5c(=O)[nH]c(N)nc54)O[C@@H]3COP(=O)(O)O[C@H]3C[C@H](n4cnc5c(=O)[nH]c(N)nc54)O[C@@H]3COP(=O)(O)O[C@H]3C[C@H](n4cc(Br)c(N)nc4=O)O[C@@H]3CO)O2)c(=O)n1. The highest BCUT2D eigenvalue weighted by atomic mass is 79.9. The fraction of sp³-hybridized carbons (Fsp3) is 0.526. The molecule has 4 aliphatic heterocycles. The van der Waals surface area contributed by atoms with E-state index < -0.39 is 153 Å². The first kappa shape index (κ1) is 57.5. The van der Waals surface area contributed by atoms with Gasteiger partial charge in [0.2, 0.25) is 11.9 Å². The lowest BCUT2D eigenvalue weighted by molar-refractivity contribution is -0.0626. The number of phosphoric acid groups is 3. The molecule has 6 aromatic heterocycles. The van der Waals surface area contributed by atoms with Gasteiger partial charge in [0.25, 0.3) is 11.1 Å². The molecule has 80 heavy (non-hydrogen) atoms. The number of aliphatic hydroxyl groups is 2. The van der Waals surface area contributed by atoms with Crippen molar-refractivity contribution in [2.45, 2.75) is 99.4 Å². The fourth-order valence-electron chi connectivity index (χ4n) is 9.17. The maximum Gasteiger partial charge on any atom is 0.472 e. The van der Waals surface area contributed by atoms with E-state index in [2.05, 4.69) is 55.8 Å². The van der Waals surface area contributed by atoms with Crippen LogP contribution in [-0.2, 0) is 59.8 Å². The molecule has 10 heterocycles. The fourth-order valence-corrected chi connectivity index (χ4v) is 12.4. The van der Waals surface area contributed by atoms with Gasteiger partial charge in [0, 0.05) is 38.1 Å². The molecule has 4 fully saturated rings. The second-order valence-electron chi connectivity index (χ2n) is 18.2. The number of aromatic amines is 2. The van der Waals surface area contributed by atoms with Crippen molar-refractivity contribution in [3.8, 4) is 0 Å². The number of hydrogen-bond acceptors (Lipinski definition) is 29. The molecule has 6 aromatic rings. The number of anilines is 4. The number of nitrogens with two attached hydrogens (primary N) is 4. The van der Waals surface area contributed by atoms with Gasteiger partial charge < -0.3 is 66.8 Å². The van der Waals surface area contributed by atoms with Gasteiger partial charge >= 0.3 is 34.8 Å². The molecule has 3 unspecified atom stereocenters. The molecular weight excluding hydrogens is 1210 g/mol. The van der Waals surface area contributed by atoms with Gasteiger partial charge in [-0.15, -0.1) is 0 Å². The summed E-state index contributed by atoms with van der Waals surface area (Å²) >= 11 is 3.16. The van der Waals surface area contributed by atoms with Gasteiger partial charge in [0.05, 0.1) is 49.7 Å². The molecule has 0 spiro atoms. The monoisotopic (exact) mass is 1250 g/mol. The summed E-state index contributed by atoms with van der Waals surface area (Å²) in [6, 6.07) is 1.32. The number of phosphoric ester groups is 3. The Kier molecular flexibility index (Phi) is 16.2. The highest BCUT2D eigenvalue weighted by Crippen LogP contribution is 2.54. The van der Waals surface area contributed by atoms with E-state index in [1.807, 2.05) is 0 Å². The number of aliphatic hydroxyl groups excluding tert-OH is 2. The van der Waals surface area contributed by atoms with Crippen LogP contribution in [0.5, 0.6) is 0 Å². The van der Waals surface area contributed by atoms with Gasteiger partial charge in [0.15, 0.2) is 22.3 Å². The number of fused-ring (bicyclic) bond motifs is 2. The van der Waals surface area contributed by atoms with Crippen molar-refractivity contribution in [2.24, 2.45) is 0 Å². The largest absolute Gasteiger partial charge is 0.472 e. The molecule has 15 N–H and O–H groups in total. The van der Waals surface area contributed by atoms with Crippen molar-refractivity contribution >= 4 is 85.3 Å². The zero-order valence-corrected chi connectivity index (χ0v) is 44.9. The number of nitrogens with zero attached hydrogens (tertiary/aromatic N) is 10. The third kappa shape index (κ3) is 12.4. The minimum Gasteiger partial charge on any atom is -0.394 e. The number of hydrogen-bond donors (Lipinski definition) is 11. The summed E-state index contributed by atoms with van der Waals surface area (Å²) in [5.41, 5.74) is 19.2. The quantitative estimate of drug-likeness (QED) is 0.0364. The van der Waals surface area contributed by atoms with Crippen LogP contribution in [0.1, 0.15) is 50.6 Å². The molecule has 434 valence electrons. The minimum atomic E-state index is -5.40. The van der Waals surface area contributed by atoms with Crippen molar-refractivity contribution in [2.75, 3.05) is 49.4 Å². The lowest BCUT2D eigenvalue weighted by Gasteiger charge is -2.25. The van der Waals surface area contributed by atoms with Crippen LogP contribution in [0, 0.1) is 0 Å². The molecule has 0 aromatic carbocycles. The molecule has 10 rings (SSSR count). The Morgan fingerprint density at radius 1 is 0.613 bits per heavy atom. The Balaban J connectivity index is 0.850. The predicted molar refractivity (Wildman–Crippen MR) is 268 cm³/mol. The average Bonchev–Trinajstić information content (AvgIpc) is 4.32. The summed E-state index contributed by atoms with van der Waals surface area (Å²) in [7, 11) is -15.8. The lowest BCUT2D eigenvalue weighted by atomic mass is 10.2. The first-order valence-electron chi connectivity index (χ1n) is 23.5. The first-order chi connectivity index (χ1) is 37.8. The van der Waals surface area contributed by atoms with Crippen LogP contribution in [0.3, 0.4) is 0 Å².